The molecule has 1 aromatic carbocycles. The van der Waals surface area contributed by atoms with Gasteiger partial charge < -0.3 is 10.2 Å². The molecule has 1 aromatic rings. The van der Waals surface area contributed by atoms with Crippen molar-refractivity contribution in [1.82, 2.24) is 0 Å². The Morgan fingerprint density at radius 2 is 2.24 bits per heavy atom. The van der Waals surface area contributed by atoms with Crippen LogP contribution in [0.15, 0.2) is 18.2 Å². The SMILES string of the molecule is CCC(CCSC#N)c1ccc(O)c(CO)c1. The number of aliphatic hydroxyl groups is 1. The van der Waals surface area contributed by atoms with Gasteiger partial charge in [0.25, 0.3) is 0 Å². The first-order chi connectivity index (χ1) is 8.22. The summed E-state index contributed by atoms with van der Waals surface area (Å²) in [6.07, 6.45) is 1.92. The summed E-state index contributed by atoms with van der Waals surface area (Å²) in [7, 11) is 0. The van der Waals surface area contributed by atoms with Gasteiger partial charge in [0.1, 0.15) is 11.2 Å². The zero-order chi connectivity index (χ0) is 12.7. The highest BCUT2D eigenvalue weighted by Crippen LogP contribution is 2.28. The van der Waals surface area contributed by atoms with Crippen molar-refractivity contribution in [3.8, 4) is 11.2 Å². The Labute approximate surface area is 106 Å². The van der Waals surface area contributed by atoms with Crippen LogP contribution in [0.4, 0.5) is 0 Å². The molecule has 17 heavy (non-hydrogen) atoms. The normalized spacial score (nSPS) is 12.1. The Bertz CT molecular complexity index is 401. The maximum atomic E-state index is 9.50. The highest BCUT2D eigenvalue weighted by Gasteiger charge is 2.11. The molecule has 0 spiro atoms. The molecule has 0 radical (unpaired) electrons. The van der Waals surface area contributed by atoms with Crippen molar-refractivity contribution in [3.63, 3.8) is 0 Å². The fourth-order valence-electron chi connectivity index (χ4n) is 1.84. The first-order valence-corrected chi connectivity index (χ1v) is 6.65. The lowest BCUT2D eigenvalue weighted by Gasteiger charge is -2.15. The number of hydrogen-bond donors (Lipinski definition) is 2. The summed E-state index contributed by atoms with van der Waals surface area (Å²) in [5, 5.41) is 29.2. The van der Waals surface area contributed by atoms with E-state index in [9.17, 15) is 5.11 Å². The summed E-state index contributed by atoms with van der Waals surface area (Å²) in [5.74, 6) is 1.32. The molecule has 3 nitrogen and oxygen atoms in total. The van der Waals surface area contributed by atoms with Gasteiger partial charge in [0.15, 0.2) is 0 Å². The summed E-state index contributed by atoms with van der Waals surface area (Å²) in [4.78, 5) is 0. The lowest BCUT2D eigenvalue weighted by atomic mass is 9.92. The first-order valence-electron chi connectivity index (χ1n) is 5.66. The van der Waals surface area contributed by atoms with Gasteiger partial charge in [-0.05, 0) is 48.2 Å². The van der Waals surface area contributed by atoms with Crippen LogP contribution in [-0.2, 0) is 6.61 Å². The third-order valence-electron chi connectivity index (χ3n) is 2.87. The summed E-state index contributed by atoms with van der Waals surface area (Å²) in [6, 6.07) is 5.36. The van der Waals surface area contributed by atoms with Gasteiger partial charge in [0, 0.05) is 11.3 Å². The van der Waals surface area contributed by atoms with Crippen molar-refractivity contribution in [1.29, 1.82) is 5.26 Å². The number of aromatic hydroxyl groups is 1. The minimum Gasteiger partial charge on any atom is -0.508 e. The maximum absolute atomic E-state index is 9.50. The third-order valence-corrected chi connectivity index (χ3v) is 3.44. The maximum Gasteiger partial charge on any atom is 0.133 e. The lowest BCUT2D eigenvalue weighted by molar-refractivity contribution is 0.275. The van der Waals surface area contributed by atoms with E-state index < -0.39 is 0 Å². The molecule has 4 heteroatoms. The number of benzene rings is 1. The van der Waals surface area contributed by atoms with Gasteiger partial charge in [-0.1, -0.05) is 13.0 Å². The quantitative estimate of drug-likeness (QED) is 0.602. The number of thiocyanates is 1. The van der Waals surface area contributed by atoms with Crippen molar-refractivity contribution in [3.05, 3.63) is 29.3 Å². The number of nitrogens with zero attached hydrogens (tertiary/aromatic N) is 1. The first kappa shape index (κ1) is 13.9. The summed E-state index contributed by atoms with van der Waals surface area (Å²) in [6.45, 7) is 1.95. The van der Waals surface area contributed by atoms with Gasteiger partial charge in [0.2, 0.25) is 0 Å². The summed E-state index contributed by atoms with van der Waals surface area (Å²) >= 11 is 1.27. The molecule has 0 aromatic heterocycles. The van der Waals surface area contributed by atoms with E-state index in [1.807, 2.05) is 12.1 Å². The molecule has 0 saturated carbocycles. The number of phenols is 1. The van der Waals surface area contributed by atoms with Crippen LogP contribution in [-0.4, -0.2) is 16.0 Å². The molecule has 0 aliphatic heterocycles. The molecule has 0 bridgehead atoms. The molecule has 0 saturated heterocycles. The zero-order valence-electron chi connectivity index (χ0n) is 9.89. The van der Waals surface area contributed by atoms with Crippen molar-refractivity contribution in [2.24, 2.45) is 0 Å². The minimum absolute atomic E-state index is 0.137. The molecule has 2 N–H and O–H groups in total. The smallest absolute Gasteiger partial charge is 0.133 e. The lowest BCUT2D eigenvalue weighted by Crippen LogP contribution is -2.00. The predicted molar refractivity (Wildman–Crippen MR) is 69.7 cm³/mol. The molecule has 1 unspecified atom stereocenters. The van der Waals surface area contributed by atoms with Gasteiger partial charge in [-0.3, -0.25) is 0 Å². The van der Waals surface area contributed by atoms with Crippen LogP contribution in [0.1, 0.15) is 36.8 Å². The van der Waals surface area contributed by atoms with Gasteiger partial charge in [-0.2, -0.15) is 5.26 Å². The predicted octanol–water partition coefficient (Wildman–Crippen LogP) is 2.98. The fraction of sp³-hybridized carbons (Fsp3) is 0.462. The van der Waals surface area contributed by atoms with Crippen LogP contribution >= 0.6 is 11.8 Å². The van der Waals surface area contributed by atoms with E-state index in [1.165, 1.54) is 11.8 Å². The molecule has 0 fully saturated rings. The molecule has 92 valence electrons. The highest BCUT2D eigenvalue weighted by molar-refractivity contribution is 8.03. The van der Waals surface area contributed by atoms with E-state index in [1.54, 1.807) is 6.07 Å². The van der Waals surface area contributed by atoms with E-state index in [-0.39, 0.29) is 12.4 Å². The van der Waals surface area contributed by atoms with Crippen LogP contribution in [0.25, 0.3) is 0 Å². The molecule has 0 amide bonds. The van der Waals surface area contributed by atoms with E-state index in [0.717, 1.165) is 24.2 Å². The second kappa shape index (κ2) is 7.21. The van der Waals surface area contributed by atoms with Crippen molar-refractivity contribution >= 4 is 11.8 Å². The summed E-state index contributed by atoms with van der Waals surface area (Å²) < 4.78 is 0. The van der Waals surface area contributed by atoms with Crippen molar-refractivity contribution < 1.29 is 10.2 Å². The number of thioether (sulfide) groups is 1. The van der Waals surface area contributed by atoms with E-state index in [0.29, 0.717) is 11.5 Å². The van der Waals surface area contributed by atoms with E-state index in [2.05, 4.69) is 12.3 Å². The van der Waals surface area contributed by atoms with E-state index >= 15 is 0 Å². The number of aliphatic hydroxyl groups excluding tert-OH is 1. The van der Waals surface area contributed by atoms with Gasteiger partial charge in [-0.25, -0.2) is 0 Å². The Hall–Kier alpha value is -1.18. The largest absolute Gasteiger partial charge is 0.508 e. The van der Waals surface area contributed by atoms with E-state index in [4.69, 9.17) is 10.4 Å². The highest BCUT2D eigenvalue weighted by atomic mass is 32.2. The third kappa shape index (κ3) is 3.95. The molecule has 1 rings (SSSR count). The van der Waals surface area contributed by atoms with Crippen molar-refractivity contribution in [2.45, 2.75) is 32.3 Å². The molecule has 0 aliphatic carbocycles. The van der Waals surface area contributed by atoms with Crippen LogP contribution in [0.5, 0.6) is 5.75 Å². The standard InChI is InChI=1S/C13H17NO2S/c1-2-10(5-6-17-9-14)11-3-4-13(16)12(7-11)8-15/h3-4,7,10,15-16H,2,5-6,8H2,1H3. The van der Waals surface area contributed by atoms with Crippen molar-refractivity contribution in [2.75, 3.05) is 5.75 Å². The topological polar surface area (TPSA) is 64.2 Å². The second-order valence-electron chi connectivity index (χ2n) is 3.88. The van der Waals surface area contributed by atoms with Gasteiger partial charge >= 0.3 is 0 Å². The molecular weight excluding hydrogens is 234 g/mol. The Kier molecular flexibility index (Phi) is 5.88. The molecular formula is C13H17NO2S. The minimum atomic E-state index is -0.150. The van der Waals surface area contributed by atoms with Crippen LogP contribution in [0.2, 0.25) is 0 Å². The molecule has 0 heterocycles. The molecule has 0 aliphatic rings. The van der Waals surface area contributed by atoms with Gasteiger partial charge in [0.05, 0.1) is 6.61 Å². The number of hydrogen-bond acceptors (Lipinski definition) is 4. The Balaban J connectivity index is 2.78. The second-order valence-corrected chi connectivity index (χ2v) is 4.76. The Morgan fingerprint density at radius 3 is 2.82 bits per heavy atom. The zero-order valence-corrected chi connectivity index (χ0v) is 10.7. The summed E-state index contributed by atoms with van der Waals surface area (Å²) in [5.41, 5.74) is 1.68. The number of nitriles is 1. The van der Waals surface area contributed by atoms with Gasteiger partial charge in [-0.15, -0.1) is 0 Å². The average Bonchev–Trinajstić information content (AvgIpc) is 2.36. The number of rotatable bonds is 6. The monoisotopic (exact) mass is 251 g/mol. The Morgan fingerprint density at radius 1 is 1.47 bits per heavy atom. The van der Waals surface area contributed by atoms with Crippen LogP contribution < -0.4 is 0 Å². The average molecular weight is 251 g/mol. The van der Waals surface area contributed by atoms with Crippen LogP contribution in [0, 0.1) is 10.7 Å². The fourth-order valence-corrected chi connectivity index (χ4v) is 2.33. The molecule has 1 atom stereocenters. The van der Waals surface area contributed by atoms with Crippen LogP contribution in [0.3, 0.4) is 0 Å².